The quantitative estimate of drug-likeness (QED) is 0.778. The van der Waals surface area contributed by atoms with Crippen LogP contribution in [0, 0.1) is 5.82 Å². The van der Waals surface area contributed by atoms with Gasteiger partial charge in [-0.15, -0.1) is 12.4 Å². The number of anilines is 1. The van der Waals surface area contributed by atoms with E-state index in [2.05, 4.69) is 0 Å². The molecule has 1 aliphatic heterocycles. The highest BCUT2D eigenvalue weighted by Crippen LogP contribution is 2.42. The number of aromatic carboxylic acids is 1. The summed E-state index contributed by atoms with van der Waals surface area (Å²) in [6, 6.07) is 1.13. The number of halogens is 3. The van der Waals surface area contributed by atoms with Crippen molar-refractivity contribution in [1.82, 2.24) is 4.57 Å². The maximum absolute atomic E-state index is 15.0. The molecule has 0 radical (unpaired) electrons. The fraction of sp³-hybridized carbons (Fsp3) is 0.474. The molecule has 4 rings (SSSR count). The SMILES string of the molecule is Cl.NC1CCCCN(c2c(F)cc3c(=O)c(C(=O)O)cn(C4CC4)c3c2Cl)C1. The van der Waals surface area contributed by atoms with E-state index >= 15 is 4.39 Å². The van der Waals surface area contributed by atoms with Gasteiger partial charge in [0.1, 0.15) is 11.4 Å². The summed E-state index contributed by atoms with van der Waals surface area (Å²) in [4.78, 5) is 25.9. The first-order valence-corrected chi connectivity index (χ1v) is 9.57. The Bertz CT molecular complexity index is 991. The third-order valence-electron chi connectivity index (χ3n) is 5.38. The summed E-state index contributed by atoms with van der Waals surface area (Å²) in [7, 11) is 0. The normalized spacial score (nSPS) is 20.0. The summed E-state index contributed by atoms with van der Waals surface area (Å²) >= 11 is 6.63. The van der Waals surface area contributed by atoms with Gasteiger partial charge in [-0.3, -0.25) is 4.79 Å². The summed E-state index contributed by atoms with van der Waals surface area (Å²) in [6.45, 7) is 1.12. The minimum Gasteiger partial charge on any atom is -0.477 e. The van der Waals surface area contributed by atoms with Crippen molar-refractivity contribution in [1.29, 1.82) is 0 Å². The second-order valence-corrected chi connectivity index (χ2v) is 7.81. The number of carboxylic acids is 1. The molecule has 2 fully saturated rings. The molecule has 1 aliphatic carbocycles. The highest BCUT2D eigenvalue weighted by atomic mass is 35.5. The Hall–Kier alpha value is -1.83. The Morgan fingerprint density at radius 1 is 1.29 bits per heavy atom. The Kier molecular flexibility index (Phi) is 5.89. The molecule has 1 unspecified atom stereocenters. The highest BCUT2D eigenvalue weighted by molar-refractivity contribution is 6.38. The van der Waals surface area contributed by atoms with Gasteiger partial charge in [-0.1, -0.05) is 18.0 Å². The summed E-state index contributed by atoms with van der Waals surface area (Å²) in [5.41, 5.74) is 5.69. The molecule has 3 N–H and O–H groups in total. The van der Waals surface area contributed by atoms with E-state index in [1.54, 1.807) is 4.57 Å². The topological polar surface area (TPSA) is 88.6 Å². The van der Waals surface area contributed by atoms with Gasteiger partial charge in [0.25, 0.3) is 0 Å². The number of aromatic nitrogens is 1. The van der Waals surface area contributed by atoms with Crippen molar-refractivity contribution in [3.05, 3.63) is 38.9 Å². The van der Waals surface area contributed by atoms with Crippen molar-refractivity contribution in [2.45, 2.75) is 44.2 Å². The third kappa shape index (κ3) is 3.58. The number of benzene rings is 1. The predicted octanol–water partition coefficient (Wildman–Crippen LogP) is 3.57. The van der Waals surface area contributed by atoms with E-state index in [-0.39, 0.29) is 46.2 Å². The number of fused-ring (bicyclic) bond motifs is 1. The first-order chi connectivity index (χ1) is 12.9. The van der Waals surface area contributed by atoms with Crippen LogP contribution in [0.5, 0.6) is 0 Å². The molecule has 1 saturated heterocycles. The van der Waals surface area contributed by atoms with Crippen LogP contribution in [-0.2, 0) is 0 Å². The molecular weight excluding hydrogens is 408 g/mol. The number of hydrogen-bond donors (Lipinski definition) is 2. The number of carboxylic acid groups (broad SMARTS) is 1. The van der Waals surface area contributed by atoms with Gasteiger partial charge in [0.2, 0.25) is 5.43 Å². The number of hydrogen-bond acceptors (Lipinski definition) is 4. The average molecular weight is 430 g/mol. The standard InChI is InChI=1S/C19H21ClFN3O3.ClH/c20-15-16-12(18(25)13(19(26)27)9-24(16)11-4-5-11)7-14(21)17(15)23-6-2-1-3-10(22)8-23;/h7,9-11H,1-6,8,22H2,(H,26,27);1H. The van der Waals surface area contributed by atoms with E-state index in [1.165, 1.54) is 6.20 Å². The second-order valence-electron chi connectivity index (χ2n) is 7.43. The van der Waals surface area contributed by atoms with Gasteiger partial charge in [0, 0.05) is 31.4 Å². The Labute approximate surface area is 172 Å². The summed E-state index contributed by atoms with van der Waals surface area (Å²) in [5, 5.41) is 9.51. The van der Waals surface area contributed by atoms with Crippen LogP contribution in [0.3, 0.4) is 0 Å². The van der Waals surface area contributed by atoms with E-state index in [1.807, 2.05) is 4.90 Å². The summed E-state index contributed by atoms with van der Waals surface area (Å²) in [6.07, 6.45) is 5.81. The summed E-state index contributed by atoms with van der Waals surface area (Å²) in [5.74, 6) is -1.95. The van der Waals surface area contributed by atoms with Crippen molar-refractivity contribution in [2.24, 2.45) is 5.73 Å². The molecule has 0 spiro atoms. The molecule has 1 atom stereocenters. The van der Waals surface area contributed by atoms with E-state index in [0.29, 0.717) is 18.6 Å². The zero-order valence-electron chi connectivity index (χ0n) is 15.2. The molecule has 1 saturated carbocycles. The van der Waals surface area contributed by atoms with E-state index in [9.17, 15) is 14.7 Å². The fourth-order valence-electron chi connectivity index (χ4n) is 3.89. The van der Waals surface area contributed by atoms with Crippen molar-refractivity contribution in [3.63, 3.8) is 0 Å². The van der Waals surface area contributed by atoms with Gasteiger partial charge in [0.15, 0.2) is 0 Å². The Morgan fingerprint density at radius 2 is 2.00 bits per heavy atom. The molecule has 2 aliphatic rings. The number of nitrogens with zero attached hydrogens (tertiary/aromatic N) is 2. The molecule has 9 heteroatoms. The van der Waals surface area contributed by atoms with Crippen LogP contribution >= 0.6 is 24.0 Å². The Balaban J connectivity index is 0.00000225. The minimum absolute atomic E-state index is 0. The molecule has 2 heterocycles. The lowest BCUT2D eigenvalue weighted by atomic mass is 10.1. The predicted molar refractivity (Wildman–Crippen MR) is 110 cm³/mol. The molecule has 0 bridgehead atoms. The van der Waals surface area contributed by atoms with Gasteiger partial charge in [-0.2, -0.15) is 0 Å². The van der Waals surface area contributed by atoms with Crippen LogP contribution in [-0.4, -0.2) is 34.8 Å². The minimum atomic E-state index is -1.32. The average Bonchev–Trinajstić information content (AvgIpc) is 3.44. The van der Waals surface area contributed by atoms with E-state index < -0.39 is 17.2 Å². The number of pyridine rings is 1. The van der Waals surface area contributed by atoms with Crippen molar-refractivity contribution in [3.8, 4) is 0 Å². The molecule has 2 aromatic rings. The molecular formula is C19H22Cl2FN3O3. The number of nitrogens with two attached hydrogens (primary N) is 1. The lowest BCUT2D eigenvalue weighted by molar-refractivity contribution is 0.0695. The maximum atomic E-state index is 15.0. The smallest absolute Gasteiger partial charge is 0.341 e. The maximum Gasteiger partial charge on any atom is 0.341 e. The first kappa shape index (κ1) is 20.9. The lowest BCUT2D eigenvalue weighted by Crippen LogP contribution is -2.36. The van der Waals surface area contributed by atoms with Crippen LogP contribution in [0.1, 0.15) is 48.5 Å². The van der Waals surface area contributed by atoms with Crippen LogP contribution in [0.4, 0.5) is 10.1 Å². The van der Waals surface area contributed by atoms with Crippen LogP contribution < -0.4 is 16.1 Å². The molecule has 152 valence electrons. The molecule has 0 amide bonds. The second kappa shape index (κ2) is 7.89. The van der Waals surface area contributed by atoms with Gasteiger partial charge in [-0.25, -0.2) is 9.18 Å². The van der Waals surface area contributed by atoms with E-state index in [4.69, 9.17) is 17.3 Å². The van der Waals surface area contributed by atoms with Crippen molar-refractivity contribution < 1.29 is 14.3 Å². The molecule has 1 aromatic carbocycles. The molecule has 1 aromatic heterocycles. The zero-order chi connectivity index (χ0) is 19.3. The summed E-state index contributed by atoms with van der Waals surface area (Å²) < 4.78 is 16.7. The van der Waals surface area contributed by atoms with Crippen molar-refractivity contribution in [2.75, 3.05) is 18.0 Å². The molecule has 28 heavy (non-hydrogen) atoms. The van der Waals surface area contributed by atoms with Crippen LogP contribution in [0.2, 0.25) is 5.02 Å². The largest absolute Gasteiger partial charge is 0.477 e. The van der Waals surface area contributed by atoms with Gasteiger partial charge in [0.05, 0.1) is 21.6 Å². The highest BCUT2D eigenvalue weighted by Gasteiger charge is 2.30. The Morgan fingerprint density at radius 3 is 2.64 bits per heavy atom. The van der Waals surface area contributed by atoms with Gasteiger partial charge >= 0.3 is 5.97 Å². The van der Waals surface area contributed by atoms with Crippen molar-refractivity contribution >= 4 is 46.6 Å². The van der Waals surface area contributed by atoms with Crippen LogP contribution in [0.25, 0.3) is 10.9 Å². The monoisotopic (exact) mass is 429 g/mol. The zero-order valence-corrected chi connectivity index (χ0v) is 16.7. The first-order valence-electron chi connectivity index (χ1n) is 9.19. The van der Waals surface area contributed by atoms with E-state index in [0.717, 1.165) is 38.2 Å². The number of rotatable bonds is 3. The van der Waals surface area contributed by atoms with Gasteiger partial charge < -0.3 is 20.3 Å². The van der Waals surface area contributed by atoms with Crippen LogP contribution in [0.15, 0.2) is 17.1 Å². The fourth-order valence-corrected chi connectivity index (χ4v) is 4.30. The lowest BCUT2D eigenvalue weighted by Gasteiger charge is -2.27. The number of carbonyl (C=O) groups is 1. The third-order valence-corrected chi connectivity index (χ3v) is 5.74. The molecule has 6 nitrogen and oxygen atoms in total. The van der Waals surface area contributed by atoms with Gasteiger partial charge in [-0.05, 0) is 31.7 Å².